The van der Waals surface area contributed by atoms with E-state index in [0.29, 0.717) is 11.8 Å². The molecule has 2 aliphatic carbocycles. The minimum atomic E-state index is -0.102. The Morgan fingerprint density at radius 1 is 0.477 bits per heavy atom. The molecule has 10 aromatic rings. The summed E-state index contributed by atoms with van der Waals surface area (Å²) in [5, 5.41) is 7.05. The number of hydrogen-bond acceptors (Lipinski definition) is 4. The van der Waals surface area contributed by atoms with E-state index in [-0.39, 0.29) is 12.0 Å². The van der Waals surface area contributed by atoms with Crippen molar-refractivity contribution in [2.24, 2.45) is 5.92 Å². The van der Waals surface area contributed by atoms with Crippen molar-refractivity contribution in [3.8, 4) is 0 Å². The quantitative estimate of drug-likeness (QED) is 0.145. The number of anilines is 5. The summed E-state index contributed by atoms with van der Waals surface area (Å²) in [6.07, 6.45) is 5.88. The van der Waals surface area contributed by atoms with E-state index in [1.165, 1.54) is 49.7 Å². The van der Waals surface area contributed by atoms with Crippen LogP contribution in [0.1, 0.15) is 81.2 Å². The van der Waals surface area contributed by atoms with E-state index in [9.17, 15) is 0 Å². The summed E-state index contributed by atoms with van der Waals surface area (Å²) in [5.41, 5.74) is 18.3. The van der Waals surface area contributed by atoms with Gasteiger partial charge in [-0.3, -0.25) is 0 Å². The van der Waals surface area contributed by atoms with Crippen molar-refractivity contribution < 1.29 is 8.83 Å². The highest BCUT2D eigenvalue weighted by atomic mass is 16.3. The zero-order valence-electron chi connectivity index (χ0n) is 37.9. The average molecular weight is 845 g/mol. The Bertz CT molecular complexity index is 3560. The predicted octanol–water partition coefficient (Wildman–Crippen LogP) is 17.6. The molecule has 12 rings (SSSR count). The second kappa shape index (κ2) is 15.2. The lowest BCUT2D eigenvalue weighted by Crippen LogP contribution is -2.34. The number of nitrogens with zero attached hydrogens (tertiary/aromatic N) is 2. The van der Waals surface area contributed by atoms with Gasteiger partial charge in [0, 0.05) is 38.3 Å². The molecule has 0 radical (unpaired) electrons. The summed E-state index contributed by atoms with van der Waals surface area (Å²) in [6, 6.07) is 57.8. The fourth-order valence-corrected chi connectivity index (χ4v) is 10.8. The zero-order chi connectivity index (χ0) is 44.1. The number of benzene rings is 8. The molecule has 2 aromatic heterocycles. The average Bonchev–Trinajstić information content (AvgIpc) is 3.91. The van der Waals surface area contributed by atoms with Gasteiger partial charge in [0.05, 0.1) is 23.1 Å². The van der Waals surface area contributed by atoms with Crippen molar-refractivity contribution in [2.75, 3.05) is 9.80 Å². The first kappa shape index (κ1) is 39.3. The first-order chi connectivity index (χ1) is 31.7. The van der Waals surface area contributed by atoms with Gasteiger partial charge in [0.1, 0.15) is 11.2 Å². The first-order valence-corrected chi connectivity index (χ1v) is 23.3. The molecule has 1 unspecified atom stereocenters. The largest absolute Gasteiger partial charge is 0.454 e. The molecule has 65 heavy (non-hydrogen) atoms. The van der Waals surface area contributed by atoms with Crippen LogP contribution in [-0.4, -0.2) is 6.04 Å². The highest BCUT2D eigenvalue weighted by Gasteiger charge is 2.36. The molecule has 0 N–H and O–H groups in total. The predicted molar refractivity (Wildman–Crippen MR) is 275 cm³/mol. The van der Waals surface area contributed by atoms with Crippen LogP contribution in [0, 0.1) is 5.92 Å². The minimum absolute atomic E-state index is 0.102. The van der Waals surface area contributed by atoms with E-state index in [2.05, 4.69) is 221 Å². The number of furan rings is 2. The second-order valence-electron chi connectivity index (χ2n) is 18.9. The van der Waals surface area contributed by atoms with E-state index in [1.54, 1.807) is 0 Å². The monoisotopic (exact) mass is 844 g/mol. The van der Waals surface area contributed by atoms with Crippen LogP contribution in [0.15, 0.2) is 179 Å². The van der Waals surface area contributed by atoms with E-state index < -0.39 is 0 Å². The van der Waals surface area contributed by atoms with Gasteiger partial charge in [-0.15, -0.1) is 0 Å². The van der Waals surface area contributed by atoms with Gasteiger partial charge in [0.15, 0.2) is 11.2 Å². The van der Waals surface area contributed by atoms with Crippen LogP contribution in [0.2, 0.25) is 0 Å². The summed E-state index contributed by atoms with van der Waals surface area (Å²) in [6.45, 7) is 13.7. The lowest BCUT2D eigenvalue weighted by Gasteiger charge is -2.40. The molecule has 0 fully saturated rings. The maximum atomic E-state index is 6.83. The minimum Gasteiger partial charge on any atom is -0.454 e. The standard InChI is InChI=1S/C61H52N2O2/c1-36(2)39-21-27-42(28-22-39)62(53-17-11-15-47-44-13-7-9-19-56(44)64-60(47)53)52-34-26-41-25-31-50-55(35-51(38(5)6)46-32-33-49(52)58(41)59(46)50)63(43-29-23-40(24-30-43)37(3)4)54-18-12-16-48-45-14-8-10-20-57(45)65-61(48)54/h7-24,26-38,55H,25H2,1-6H3. The van der Waals surface area contributed by atoms with Crippen LogP contribution in [0.4, 0.5) is 28.4 Å². The Hall–Kier alpha value is -7.30. The third-order valence-electron chi connectivity index (χ3n) is 14.1. The molecule has 0 aliphatic heterocycles. The van der Waals surface area contributed by atoms with Gasteiger partial charge >= 0.3 is 0 Å². The Balaban J connectivity index is 1.10. The number of para-hydroxylation sites is 4. The number of hydrogen-bond donors (Lipinski definition) is 0. The molecule has 1 atom stereocenters. The maximum Gasteiger partial charge on any atom is 0.159 e. The van der Waals surface area contributed by atoms with Crippen molar-refractivity contribution in [3.63, 3.8) is 0 Å². The maximum absolute atomic E-state index is 6.83. The Labute approximate surface area is 380 Å². The van der Waals surface area contributed by atoms with Crippen LogP contribution < -0.4 is 9.80 Å². The molecule has 8 aromatic carbocycles. The van der Waals surface area contributed by atoms with Crippen LogP contribution in [0.3, 0.4) is 0 Å². The highest BCUT2D eigenvalue weighted by molar-refractivity contribution is 6.15. The fourth-order valence-electron chi connectivity index (χ4n) is 10.8. The summed E-state index contributed by atoms with van der Waals surface area (Å²) in [5.74, 6) is 1.14. The van der Waals surface area contributed by atoms with E-state index in [4.69, 9.17) is 8.83 Å². The molecule has 318 valence electrons. The van der Waals surface area contributed by atoms with Crippen molar-refractivity contribution in [2.45, 2.75) is 65.8 Å². The zero-order valence-corrected chi connectivity index (χ0v) is 37.9. The van der Waals surface area contributed by atoms with Crippen LogP contribution in [-0.2, 0) is 6.42 Å². The van der Waals surface area contributed by atoms with Crippen molar-refractivity contribution in [1.29, 1.82) is 0 Å². The summed E-state index contributed by atoms with van der Waals surface area (Å²) < 4.78 is 13.6. The molecule has 0 saturated heterocycles. The van der Waals surface area contributed by atoms with Gasteiger partial charge in [0.2, 0.25) is 0 Å². The SMILES string of the molecule is CC(C)C1=CC(N(c2ccc(C(C)C)cc2)c2cccc3c2oc2ccccc23)C2=CCc3ccc(N(c4ccc(C(C)C)cc4)c4cccc5c4oc4ccccc45)c4ccc1c2c34. The van der Waals surface area contributed by atoms with Crippen molar-refractivity contribution in [1.82, 2.24) is 0 Å². The molecular formula is C61H52N2O2. The van der Waals surface area contributed by atoms with E-state index >= 15 is 0 Å². The lowest BCUT2D eigenvalue weighted by molar-refractivity contribution is 0.667. The van der Waals surface area contributed by atoms with Crippen LogP contribution in [0.5, 0.6) is 0 Å². The molecule has 2 heterocycles. The summed E-state index contributed by atoms with van der Waals surface area (Å²) in [7, 11) is 0. The second-order valence-corrected chi connectivity index (χ2v) is 18.9. The van der Waals surface area contributed by atoms with E-state index in [1.807, 2.05) is 0 Å². The van der Waals surface area contributed by atoms with E-state index in [0.717, 1.165) is 78.7 Å². The molecule has 0 spiro atoms. The summed E-state index contributed by atoms with van der Waals surface area (Å²) in [4.78, 5) is 4.98. The van der Waals surface area contributed by atoms with Gasteiger partial charge in [0.25, 0.3) is 0 Å². The van der Waals surface area contributed by atoms with Crippen molar-refractivity contribution >= 4 is 94.2 Å². The van der Waals surface area contributed by atoms with Gasteiger partial charge in [-0.2, -0.15) is 0 Å². The number of allylic oxidation sites excluding steroid dienone is 2. The third-order valence-corrected chi connectivity index (χ3v) is 14.1. The lowest BCUT2D eigenvalue weighted by atomic mass is 9.74. The van der Waals surface area contributed by atoms with Gasteiger partial charge in [-0.25, -0.2) is 0 Å². The van der Waals surface area contributed by atoms with Crippen LogP contribution >= 0.6 is 0 Å². The Morgan fingerprint density at radius 3 is 1.66 bits per heavy atom. The molecule has 0 bridgehead atoms. The molecule has 0 saturated carbocycles. The topological polar surface area (TPSA) is 32.8 Å². The highest BCUT2D eigenvalue weighted by Crippen LogP contribution is 2.53. The molecule has 4 nitrogen and oxygen atoms in total. The number of rotatable bonds is 9. The van der Waals surface area contributed by atoms with Crippen molar-refractivity contribution in [3.05, 3.63) is 198 Å². The smallest absolute Gasteiger partial charge is 0.159 e. The normalized spacial score (nSPS) is 14.7. The Kier molecular flexibility index (Phi) is 9.17. The Morgan fingerprint density at radius 2 is 1.05 bits per heavy atom. The summed E-state index contributed by atoms with van der Waals surface area (Å²) >= 11 is 0. The molecule has 4 heteroatoms. The van der Waals surface area contributed by atoms with Gasteiger partial charge < -0.3 is 18.6 Å². The molecule has 2 aliphatic rings. The first-order valence-electron chi connectivity index (χ1n) is 23.3. The van der Waals surface area contributed by atoms with Crippen LogP contribution in [0.25, 0.3) is 65.8 Å². The fraction of sp³-hybridized carbons (Fsp3) is 0.180. The molecular weight excluding hydrogens is 793 g/mol. The third kappa shape index (κ3) is 6.18. The number of fused-ring (bicyclic) bond motifs is 6. The van der Waals surface area contributed by atoms with Gasteiger partial charge in [-0.05, 0) is 123 Å². The van der Waals surface area contributed by atoms with Gasteiger partial charge in [-0.1, -0.05) is 157 Å². The molecule has 0 amide bonds.